The van der Waals surface area contributed by atoms with Gasteiger partial charge in [0.05, 0.1) is 12.9 Å². The first-order chi connectivity index (χ1) is 16.9. The van der Waals surface area contributed by atoms with Gasteiger partial charge in [0.1, 0.15) is 16.7 Å². The van der Waals surface area contributed by atoms with Crippen LogP contribution in [0.2, 0.25) is 0 Å². The van der Waals surface area contributed by atoms with Crippen LogP contribution in [0.1, 0.15) is 39.0 Å². The van der Waals surface area contributed by atoms with Gasteiger partial charge in [0.2, 0.25) is 5.78 Å². The summed E-state index contributed by atoms with van der Waals surface area (Å²) in [5.41, 5.74) is 0.0793. The summed E-state index contributed by atoms with van der Waals surface area (Å²) >= 11 is 0. The molecule has 0 N–H and O–H groups in total. The van der Waals surface area contributed by atoms with Crippen molar-refractivity contribution in [3.8, 4) is 0 Å². The molecule has 2 aromatic carbocycles. The third kappa shape index (κ3) is 3.85. The van der Waals surface area contributed by atoms with Crippen LogP contribution >= 0.6 is 0 Å². The summed E-state index contributed by atoms with van der Waals surface area (Å²) in [5.74, 6) is -1.00. The van der Waals surface area contributed by atoms with Gasteiger partial charge >= 0.3 is 17.2 Å². The van der Waals surface area contributed by atoms with Crippen molar-refractivity contribution in [2.75, 3.05) is 6.61 Å². The molecule has 3 aromatic heterocycles. The first kappa shape index (κ1) is 22.1. The number of rotatable bonds is 5. The minimum absolute atomic E-state index is 0.0985. The Hall–Kier alpha value is -4.72. The van der Waals surface area contributed by atoms with Gasteiger partial charge in [-0.2, -0.15) is 0 Å². The zero-order chi connectivity index (χ0) is 24.7. The number of carbonyl (C=O) groups excluding carboxylic acids is 2. The van der Waals surface area contributed by atoms with Crippen molar-refractivity contribution in [2.24, 2.45) is 0 Å². The molecule has 0 aliphatic rings. The van der Waals surface area contributed by atoms with Crippen LogP contribution in [0.5, 0.6) is 0 Å². The Labute approximate surface area is 197 Å². The Morgan fingerprint density at radius 3 is 2.54 bits per heavy atom. The average molecular weight is 470 g/mol. The maximum atomic E-state index is 12.6. The van der Waals surface area contributed by atoms with Crippen LogP contribution in [0, 0.1) is 6.92 Å². The fourth-order valence-corrected chi connectivity index (χ4v) is 4.05. The third-order valence-electron chi connectivity index (χ3n) is 5.61. The van der Waals surface area contributed by atoms with E-state index in [-0.39, 0.29) is 34.9 Å². The van der Waals surface area contributed by atoms with Crippen LogP contribution in [-0.2, 0) is 4.74 Å². The Morgan fingerprint density at radius 2 is 1.80 bits per heavy atom. The third-order valence-corrected chi connectivity index (χ3v) is 5.61. The molecule has 8 heteroatoms. The molecule has 0 aliphatic heterocycles. The van der Waals surface area contributed by atoms with Crippen molar-refractivity contribution in [3.63, 3.8) is 0 Å². The summed E-state index contributed by atoms with van der Waals surface area (Å²) in [6, 6.07) is 11.1. The molecule has 3 heterocycles. The molecule has 0 saturated carbocycles. The lowest BCUT2D eigenvalue weighted by atomic mass is 9.96. The predicted octanol–water partition coefficient (Wildman–Crippen LogP) is 5.03. The molecule has 0 aliphatic carbocycles. The van der Waals surface area contributed by atoms with Crippen LogP contribution < -0.4 is 11.3 Å². The summed E-state index contributed by atoms with van der Waals surface area (Å²) in [6.07, 6.45) is 4.29. The summed E-state index contributed by atoms with van der Waals surface area (Å²) in [7, 11) is 0. The van der Waals surface area contributed by atoms with E-state index < -0.39 is 17.2 Å². The normalized spacial score (nSPS) is 11.6. The zero-order valence-corrected chi connectivity index (χ0v) is 18.7. The second-order valence-electron chi connectivity index (χ2n) is 7.84. The molecule has 35 heavy (non-hydrogen) atoms. The van der Waals surface area contributed by atoms with Crippen LogP contribution in [0.25, 0.3) is 38.8 Å². The Balaban J connectivity index is 1.85. The van der Waals surface area contributed by atoms with Crippen molar-refractivity contribution in [3.05, 3.63) is 98.1 Å². The van der Waals surface area contributed by atoms with Crippen molar-refractivity contribution in [1.82, 2.24) is 0 Å². The molecule has 8 nitrogen and oxygen atoms in total. The topological polar surface area (TPSA) is 117 Å². The molecule has 0 bridgehead atoms. The summed E-state index contributed by atoms with van der Waals surface area (Å²) < 4.78 is 21.2. The molecular formula is C27H18O8. The van der Waals surface area contributed by atoms with E-state index >= 15 is 0 Å². The second kappa shape index (κ2) is 8.57. The van der Waals surface area contributed by atoms with Gasteiger partial charge < -0.3 is 18.0 Å². The number of carbonyl (C=O) groups is 2. The molecule has 0 radical (unpaired) electrons. The van der Waals surface area contributed by atoms with Gasteiger partial charge in [-0.15, -0.1) is 0 Å². The number of esters is 1. The highest BCUT2D eigenvalue weighted by Gasteiger charge is 2.19. The van der Waals surface area contributed by atoms with E-state index in [0.717, 1.165) is 0 Å². The first-order valence-corrected chi connectivity index (χ1v) is 10.8. The molecule has 0 saturated heterocycles. The zero-order valence-electron chi connectivity index (χ0n) is 18.7. The van der Waals surface area contributed by atoms with Gasteiger partial charge in [-0.1, -0.05) is 12.1 Å². The fourth-order valence-electron chi connectivity index (χ4n) is 4.05. The lowest BCUT2D eigenvalue weighted by molar-refractivity contribution is 0.0521. The molecule has 5 aromatic rings. The average Bonchev–Trinajstić information content (AvgIpc) is 3.37. The number of ether oxygens (including phenoxy) is 1. The highest BCUT2D eigenvalue weighted by Crippen LogP contribution is 2.35. The van der Waals surface area contributed by atoms with Crippen molar-refractivity contribution in [2.45, 2.75) is 13.8 Å². The monoisotopic (exact) mass is 470 g/mol. The van der Waals surface area contributed by atoms with E-state index in [1.54, 1.807) is 50.3 Å². The second-order valence-corrected chi connectivity index (χ2v) is 7.84. The number of aryl methyl sites for hydroxylation is 1. The molecular weight excluding hydrogens is 452 g/mol. The highest BCUT2D eigenvalue weighted by molar-refractivity contribution is 6.18. The number of hydrogen-bond donors (Lipinski definition) is 0. The van der Waals surface area contributed by atoms with Crippen LogP contribution in [-0.4, -0.2) is 18.4 Å². The number of hydrogen-bond acceptors (Lipinski definition) is 8. The van der Waals surface area contributed by atoms with Gasteiger partial charge in [-0.05, 0) is 61.4 Å². The Kier molecular flexibility index (Phi) is 5.41. The molecule has 0 unspecified atom stereocenters. The number of allylic oxidation sites excluding steroid dienone is 1. The number of fused-ring (bicyclic) bond motifs is 5. The quantitative estimate of drug-likeness (QED) is 0.115. The van der Waals surface area contributed by atoms with Crippen LogP contribution in [0.4, 0.5) is 0 Å². The SMILES string of the molecule is CCOC(=O)c1cc2cc(/C=C/C(=O)c3ccco3)c3c(ccc4c(C)cc(=O)oc43)c2oc1=O. The number of furan rings is 1. The molecule has 174 valence electrons. The number of benzene rings is 2. The van der Waals surface area contributed by atoms with E-state index in [1.165, 1.54) is 24.5 Å². The van der Waals surface area contributed by atoms with Gasteiger partial charge in [-0.3, -0.25) is 4.79 Å². The largest absolute Gasteiger partial charge is 0.462 e. The molecule has 0 amide bonds. The maximum absolute atomic E-state index is 12.6. The summed E-state index contributed by atoms with van der Waals surface area (Å²) in [6.45, 7) is 3.52. The summed E-state index contributed by atoms with van der Waals surface area (Å²) in [4.78, 5) is 49.6. The summed E-state index contributed by atoms with van der Waals surface area (Å²) in [5, 5.41) is 2.07. The van der Waals surface area contributed by atoms with E-state index in [2.05, 4.69) is 0 Å². The molecule has 0 fully saturated rings. The Bertz CT molecular complexity index is 1780. The molecule has 5 rings (SSSR count). The van der Waals surface area contributed by atoms with E-state index in [1.807, 2.05) is 0 Å². The van der Waals surface area contributed by atoms with E-state index in [9.17, 15) is 19.2 Å². The van der Waals surface area contributed by atoms with Gasteiger partial charge in [0.15, 0.2) is 5.76 Å². The highest BCUT2D eigenvalue weighted by atomic mass is 16.5. The van der Waals surface area contributed by atoms with Gasteiger partial charge in [0.25, 0.3) is 0 Å². The molecule has 0 atom stereocenters. The van der Waals surface area contributed by atoms with Gasteiger partial charge in [0, 0.05) is 27.6 Å². The Morgan fingerprint density at radius 1 is 1.00 bits per heavy atom. The van der Waals surface area contributed by atoms with Crippen LogP contribution in [0.15, 0.2) is 77.6 Å². The van der Waals surface area contributed by atoms with Crippen LogP contribution in [0.3, 0.4) is 0 Å². The van der Waals surface area contributed by atoms with Crippen molar-refractivity contribution >= 4 is 50.5 Å². The lowest BCUT2D eigenvalue weighted by Gasteiger charge is -2.11. The smallest absolute Gasteiger partial charge is 0.351 e. The van der Waals surface area contributed by atoms with Crippen molar-refractivity contribution < 1.29 is 27.6 Å². The molecule has 0 spiro atoms. The predicted molar refractivity (Wildman–Crippen MR) is 129 cm³/mol. The lowest BCUT2D eigenvalue weighted by Crippen LogP contribution is -2.16. The van der Waals surface area contributed by atoms with Gasteiger partial charge in [-0.25, -0.2) is 14.4 Å². The first-order valence-electron chi connectivity index (χ1n) is 10.8. The van der Waals surface area contributed by atoms with Crippen molar-refractivity contribution in [1.29, 1.82) is 0 Å². The fraction of sp³-hybridized carbons (Fsp3) is 0.111. The number of ketones is 1. The van der Waals surface area contributed by atoms with E-state index in [0.29, 0.717) is 32.7 Å². The standard InChI is InChI=1S/C27H18O8/c1-3-32-26(30)19-13-16-12-15(6-9-20(28)21-5-4-10-33-21)23-18(24(16)35-27(19)31)8-7-17-14(2)11-22(29)34-25(17)23/h4-13H,3H2,1-2H3/b9-6+. The minimum atomic E-state index is -0.848. The van der Waals surface area contributed by atoms with E-state index in [4.69, 9.17) is 18.0 Å². The minimum Gasteiger partial charge on any atom is -0.462 e. The maximum Gasteiger partial charge on any atom is 0.351 e.